The van der Waals surface area contributed by atoms with Crippen molar-refractivity contribution >= 4 is 39.5 Å². The van der Waals surface area contributed by atoms with Crippen molar-refractivity contribution in [3.05, 3.63) is 35.8 Å². The highest BCUT2D eigenvalue weighted by molar-refractivity contribution is 8.16. The molecule has 0 aliphatic carbocycles. The SMILES string of the molecule is CC.COC(=O)C1CSC(C(=O)c2c[nH]c3ccc(F)cc23)=N1. The molecule has 2 aromatic rings. The van der Waals surface area contributed by atoms with Crippen molar-refractivity contribution < 1.29 is 18.7 Å². The molecule has 1 aliphatic heterocycles. The maximum atomic E-state index is 13.3. The maximum Gasteiger partial charge on any atom is 0.331 e. The number of ether oxygens (including phenoxy) is 1. The van der Waals surface area contributed by atoms with Crippen molar-refractivity contribution in [1.82, 2.24) is 4.98 Å². The Morgan fingerprint density at radius 3 is 2.83 bits per heavy atom. The minimum absolute atomic E-state index is 0.246. The van der Waals surface area contributed by atoms with Gasteiger partial charge in [0.05, 0.1) is 12.7 Å². The highest BCUT2D eigenvalue weighted by Crippen LogP contribution is 2.26. The zero-order valence-electron chi connectivity index (χ0n) is 13.1. The lowest BCUT2D eigenvalue weighted by molar-refractivity contribution is -0.141. The van der Waals surface area contributed by atoms with Gasteiger partial charge in [-0.2, -0.15) is 0 Å². The van der Waals surface area contributed by atoms with Crippen molar-refractivity contribution in [2.45, 2.75) is 19.9 Å². The Morgan fingerprint density at radius 1 is 1.39 bits per heavy atom. The van der Waals surface area contributed by atoms with E-state index in [1.807, 2.05) is 13.8 Å². The molecule has 0 spiro atoms. The number of nitrogens with one attached hydrogen (secondary N) is 1. The molecule has 2 heterocycles. The van der Waals surface area contributed by atoms with E-state index >= 15 is 0 Å². The number of H-pyrrole nitrogens is 1. The van der Waals surface area contributed by atoms with Gasteiger partial charge < -0.3 is 9.72 Å². The summed E-state index contributed by atoms with van der Waals surface area (Å²) in [6, 6.07) is 3.54. The molecule has 5 nitrogen and oxygen atoms in total. The van der Waals surface area contributed by atoms with Crippen LogP contribution in [-0.2, 0) is 9.53 Å². The third kappa shape index (κ3) is 3.44. The standard InChI is InChI=1S/C14H11FN2O3S.C2H6/c1-20-14(19)11-6-21-13(17-11)12(18)9-5-16-10-3-2-7(15)4-8(9)10;1-2/h2-5,11,16H,6H2,1H3;1-2H3. The van der Waals surface area contributed by atoms with Crippen LogP contribution >= 0.6 is 11.8 Å². The molecule has 1 aliphatic rings. The van der Waals surface area contributed by atoms with Crippen molar-refractivity contribution in [1.29, 1.82) is 0 Å². The zero-order valence-corrected chi connectivity index (χ0v) is 13.9. The van der Waals surface area contributed by atoms with Crippen molar-refractivity contribution in [3.8, 4) is 0 Å². The molecule has 122 valence electrons. The molecule has 1 atom stereocenters. The van der Waals surface area contributed by atoms with Crippen LogP contribution in [0.15, 0.2) is 29.4 Å². The Kier molecular flexibility index (Phi) is 5.54. The van der Waals surface area contributed by atoms with Gasteiger partial charge in [-0.05, 0) is 18.2 Å². The van der Waals surface area contributed by atoms with E-state index in [0.717, 1.165) is 0 Å². The average molecular weight is 336 g/mol. The van der Waals surface area contributed by atoms with Gasteiger partial charge in [-0.3, -0.25) is 9.79 Å². The Balaban J connectivity index is 0.000000924. The van der Waals surface area contributed by atoms with Crippen LogP contribution in [0.1, 0.15) is 24.2 Å². The van der Waals surface area contributed by atoms with E-state index in [9.17, 15) is 14.0 Å². The Morgan fingerprint density at radius 2 is 2.13 bits per heavy atom. The number of methoxy groups -OCH3 is 1. The summed E-state index contributed by atoms with van der Waals surface area (Å²) in [5.74, 6) is -0.812. The van der Waals surface area contributed by atoms with E-state index < -0.39 is 17.8 Å². The van der Waals surface area contributed by atoms with Gasteiger partial charge in [0.25, 0.3) is 0 Å². The molecular weight excluding hydrogens is 319 g/mol. The molecule has 23 heavy (non-hydrogen) atoms. The number of aromatic amines is 1. The van der Waals surface area contributed by atoms with Crippen LogP contribution in [0.2, 0.25) is 0 Å². The monoisotopic (exact) mass is 336 g/mol. The lowest BCUT2D eigenvalue weighted by Gasteiger charge is -2.00. The maximum absolute atomic E-state index is 13.3. The number of nitrogens with zero attached hydrogens (tertiary/aromatic N) is 1. The molecule has 0 radical (unpaired) electrons. The first-order valence-electron chi connectivity index (χ1n) is 7.20. The van der Waals surface area contributed by atoms with Crippen LogP contribution in [0.5, 0.6) is 0 Å². The number of esters is 1. The average Bonchev–Trinajstić information content (AvgIpc) is 3.22. The van der Waals surface area contributed by atoms with Gasteiger partial charge in [0.1, 0.15) is 10.9 Å². The van der Waals surface area contributed by atoms with Gasteiger partial charge in [0.2, 0.25) is 5.78 Å². The first-order chi connectivity index (χ1) is 11.1. The van der Waals surface area contributed by atoms with E-state index in [4.69, 9.17) is 0 Å². The molecule has 1 aromatic carbocycles. The second-order valence-electron chi connectivity index (χ2n) is 4.51. The molecular formula is C16H17FN2O3S. The predicted octanol–water partition coefficient (Wildman–Crippen LogP) is 3.20. The largest absolute Gasteiger partial charge is 0.467 e. The molecule has 0 amide bonds. The highest BCUT2D eigenvalue weighted by Gasteiger charge is 2.30. The molecule has 0 saturated heterocycles. The van der Waals surface area contributed by atoms with Crippen molar-refractivity contribution in [2.24, 2.45) is 4.99 Å². The van der Waals surface area contributed by atoms with E-state index in [-0.39, 0.29) is 10.8 Å². The summed E-state index contributed by atoms with van der Waals surface area (Å²) >= 11 is 1.21. The molecule has 1 N–H and O–H groups in total. The number of carbonyl (C=O) groups is 2. The van der Waals surface area contributed by atoms with E-state index in [1.54, 1.807) is 6.07 Å². The third-order valence-corrected chi connectivity index (χ3v) is 4.25. The number of carbonyl (C=O) groups excluding carboxylic acids is 2. The molecule has 0 fully saturated rings. The molecule has 1 aromatic heterocycles. The Labute approximate surface area is 137 Å². The minimum atomic E-state index is -0.652. The molecule has 0 saturated carbocycles. The lowest BCUT2D eigenvalue weighted by Crippen LogP contribution is -2.20. The van der Waals surface area contributed by atoms with Gasteiger partial charge in [0, 0.05) is 22.9 Å². The number of benzene rings is 1. The summed E-state index contributed by atoms with van der Waals surface area (Å²) < 4.78 is 17.9. The molecule has 1 unspecified atom stereocenters. The van der Waals surface area contributed by atoms with Crippen molar-refractivity contribution in [2.75, 3.05) is 12.9 Å². The van der Waals surface area contributed by atoms with E-state index in [2.05, 4.69) is 14.7 Å². The van der Waals surface area contributed by atoms with Gasteiger partial charge >= 0.3 is 5.97 Å². The van der Waals surface area contributed by atoms with Crippen LogP contribution in [0.25, 0.3) is 10.9 Å². The number of ketones is 1. The fraction of sp³-hybridized carbons (Fsp3) is 0.312. The summed E-state index contributed by atoms with van der Waals surface area (Å²) in [7, 11) is 1.28. The minimum Gasteiger partial charge on any atom is -0.467 e. The van der Waals surface area contributed by atoms with Gasteiger partial charge in [-0.1, -0.05) is 13.8 Å². The molecule has 0 bridgehead atoms. The number of fused-ring (bicyclic) bond motifs is 1. The van der Waals surface area contributed by atoms with Gasteiger partial charge in [-0.15, -0.1) is 11.8 Å². The van der Waals surface area contributed by atoms with Gasteiger partial charge in [-0.25, -0.2) is 9.18 Å². The number of aromatic nitrogens is 1. The second kappa shape index (κ2) is 7.41. The zero-order chi connectivity index (χ0) is 17.0. The van der Waals surface area contributed by atoms with Crippen LogP contribution in [0, 0.1) is 5.82 Å². The Hall–Kier alpha value is -2.15. The van der Waals surface area contributed by atoms with Crippen LogP contribution < -0.4 is 0 Å². The Bertz CT molecular complexity index is 770. The summed E-state index contributed by atoms with van der Waals surface area (Å²) in [6.07, 6.45) is 1.53. The normalized spacial score (nSPS) is 16.5. The van der Waals surface area contributed by atoms with Crippen LogP contribution in [-0.4, -0.2) is 40.7 Å². The van der Waals surface area contributed by atoms with Crippen LogP contribution in [0.4, 0.5) is 4.39 Å². The number of Topliss-reactive ketones (excluding diaryl/α,β-unsaturated/α-hetero) is 1. The van der Waals surface area contributed by atoms with Gasteiger partial charge in [0.15, 0.2) is 6.04 Å². The molecule has 7 heteroatoms. The highest BCUT2D eigenvalue weighted by atomic mass is 32.2. The third-order valence-electron chi connectivity index (χ3n) is 3.21. The van der Waals surface area contributed by atoms with E-state index in [1.165, 1.54) is 37.2 Å². The fourth-order valence-electron chi connectivity index (χ4n) is 2.15. The number of thioether (sulfide) groups is 1. The number of halogens is 1. The number of hydrogen-bond donors (Lipinski definition) is 1. The fourth-order valence-corrected chi connectivity index (χ4v) is 3.12. The summed E-state index contributed by atoms with van der Waals surface area (Å²) in [5, 5.41) is 0.750. The van der Waals surface area contributed by atoms with Crippen molar-refractivity contribution in [3.63, 3.8) is 0 Å². The first kappa shape index (κ1) is 17.2. The summed E-state index contributed by atoms with van der Waals surface area (Å²) in [5.41, 5.74) is 1.02. The van der Waals surface area contributed by atoms with E-state index in [0.29, 0.717) is 22.2 Å². The van der Waals surface area contributed by atoms with Crippen LogP contribution in [0.3, 0.4) is 0 Å². The lowest BCUT2D eigenvalue weighted by atomic mass is 10.1. The smallest absolute Gasteiger partial charge is 0.331 e. The number of rotatable bonds is 3. The summed E-state index contributed by atoms with van der Waals surface area (Å²) in [4.78, 5) is 30.9. The second-order valence-corrected chi connectivity index (χ2v) is 5.51. The molecule has 3 rings (SSSR count). The number of aliphatic imine (C=N–C) groups is 1. The predicted molar refractivity (Wildman–Crippen MR) is 89.6 cm³/mol. The summed E-state index contributed by atoms with van der Waals surface area (Å²) in [6.45, 7) is 4.00. The quantitative estimate of drug-likeness (QED) is 0.690. The first-order valence-corrected chi connectivity index (χ1v) is 8.18. The topological polar surface area (TPSA) is 71.5 Å². The number of hydrogen-bond acceptors (Lipinski definition) is 5.